The van der Waals surface area contributed by atoms with Crippen molar-refractivity contribution in [2.24, 2.45) is 0 Å². The Morgan fingerprint density at radius 2 is 1.58 bits per heavy atom. The minimum Gasteiger partial charge on any atom is -0.354 e. The molecule has 1 atom stereocenters. The highest BCUT2D eigenvalue weighted by Crippen LogP contribution is 2.33. The van der Waals surface area contributed by atoms with E-state index < -0.39 is 40.3 Å². The molecule has 3 aromatic carbocycles. The normalized spacial score (nSPS) is 12.4. The van der Waals surface area contributed by atoms with E-state index in [0.29, 0.717) is 16.9 Å². The number of carbonyl (C=O) groups excluding carboxylic acids is 2. The van der Waals surface area contributed by atoms with Gasteiger partial charge in [0.25, 0.3) is 10.0 Å². The van der Waals surface area contributed by atoms with E-state index in [2.05, 4.69) is 5.32 Å². The molecule has 0 aromatic heterocycles. The first-order chi connectivity index (χ1) is 20.3. The molecule has 232 valence electrons. The van der Waals surface area contributed by atoms with Crippen molar-refractivity contribution in [1.82, 2.24) is 10.2 Å². The van der Waals surface area contributed by atoms with Crippen LogP contribution in [-0.4, -0.2) is 44.3 Å². The maximum absolute atomic E-state index is 14.1. The van der Waals surface area contributed by atoms with Crippen molar-refractivity contribution >= 4 is 27.5 Å². The molecule has 2 amide bonds. The summed E-state index contributed by atoms with van der Waals surface area (Å²) in [6.07, 6.45) is -2.90. The molecule has 11 heteroatoms. The van der Waals surface area contributed by atoms with Gasteiger partial charge in [0.05, 0.1) is 16.1 Å². The molecule has 0 saturated heterocycles. The van der Waals surface area contributed by atoms with Crippen LogP contribution in [0.2, 0.25) is 0 Å². The largest absolute Gasteiger partial charge is 0.416 e. The summed E-state index contributed by atoms with van der Waals surface area (Å²) in [7, 11) is -4.49. The van der Waals surface area contributed by atoms with Crippen LogP contribution in [0.1, 0.15) is 55.4 Å². The summed E-state index contributed by atoms with van der Waals surface area (Å²) in [6.45, 7) is 6.97. The van der Waals surface area contributed by atoms with Crippen molar-refractivity contribution in [3.8, 4) is 0 Å². The molecule has 1 N–H and O–H groups in total. The number of hydrogen-bond acceptors (Lipinski definition) is 4. The molecule has 3 rings (SSSR count). The highest BCUT2D eigenvalue weighted by molar-refractivity contribution is 7.92. The van der Waals surface area contributed by atoms with E-state index in [-0.39, 0.29) is 29.5 Å². The number of anilines is 1. The maximum atomic E-state index is 14.1. The van der Waals surface area contributed by atoms with Gasteiger partial charge in [-0.1, -0.05) is 73.9 Å². The third-order valence-corrected chi connectivity index (χ3v) is 8.79. The van der Waals surface area contributed by atoms with Crippen LogP contribution in [0.25, 0.3) is 0 Å². The molecular formula is C32H38F3N3O4S. The average Bonchev–Trinajstić information content (AvgIpc) is 2.95. The fraction of sp³-hybridized carbons (Fsp3) is 0.375. The topological polar surface area (TPSA) is 86.8 Å². The molecule has 0 unspecified atom stereocenters. The third kappa shape index (κ3) is 8.82. The zero-order valence-electron chi connectivity index (χ0n) is 24.8. The summed E-state index contributed by atoms with van der Waals surface area (Å²) in [6, 6.07) is 16.1. The number of halogens is 3. The third-order valence-electron chi connectivity index (χ3n) is 7.00. The van der Waals surface area contributed by atoms with Crippen molar-refractivity contribution in [3.05, 3.63) is 95.1 Å². The molecule has 3 aromatic rings. The number of benzene rings is 3. The van der Waals surface area contributed by atoms with Crippen LogP contribution in [-0.2, 0) is 32.3 Å². The number of rotatable bonds is 13. The highest BCUT2D eigenvalue weighted by Gasteiger charge is 2.36. The van der Waals surface area contributed by atoms with Crippen molar-refractivity contribution in [3.63, 3.8) is 0 Å². The number of nitrogens with zero attached hydrogens (tertiary/aromatic N) is 2. The highest BCUT2D eigenvalue weighted by atomic mass is 32.2. The molecule has 0 radical (unpaired) electrons. The van der Waals surface area contributed by atoms with Crippen molar-refractivity contribution in [2.45, 2.75) is 70.6 Å². The Morgan fingerprint density at radius 3 is 2.19 bits per heavy atom. The van der Waals surface area contributed by atoms with E-state index >= 15 is 0 Å². The van der Waals surface area contributed by atoms with Crippen LogP contribution in [0.5, 0.6) is 0 Å². The first kappa shape index (κ1) is 33.6. The fourth-order valence-electron chi connectivity index (χ4n) is 4.64. The van der Waals surface area contributed by atoms with Crippen LogP contribution in [0.3, 0.4) is 0 Å². The van der Waals surface area contributed by atoms with Gasteiger partial charge in [-0.05, 0) is 62.6 Å². The number of carbonyl (C=O) groups is 2. The molecule has 0 spiro atoms. The second-order valence-corrected chi connectivity index (χ2v) is 12.3. The number of nitrogens with one attached hydrogen (secondary N) is 1. The molecule has 0 aliphatic rings. The zero-order valence-corrected chi connectivity index (χ0v) is 25.6. The summed E-state index contributed by atoms with van der Waals surface area (Å²) >= 11 is 0. The Kier molecular flexibility index (Phi) is 11.4. The molecule has 0 aliphatic heterocycles. The van der Waals surface area contributed by atoms with Gasteiger partial charge < -0.3 is 10.2 Å². The monoisotopic (exact) mass is 617 g/mol. The Hall–Kier alpha value is -3.86. The van der Waals surface area contributed by atoms with Crippen molar-refractivity contribution < 1.29 is 31.2 Å². The number of sulfonamides is 1. The number of alkyl halides is 3. The van der Waals surface area contributed by atoms with Gasteiger partial charge in [-0.3, -0.25) is 13.9 Å². The maximum Gasteiger partial charge on any atom is 0.416 e. The SMILES string of the molecule is CCCCNC(=O)[C@H](CC)N(Cc1cccc(C)c1)C(=O)CN(c1cccc(C(F)(F)F)c1)S(=O)(=O)c1ccc(C)cc1. The summed E-state index contributed by atoms with van der Waals surface area (Å²) in [5, 5.41) is 2.85. The average molecular weight is 618 g/mol. The Morgan fingerprint density at radius 1 is 0.907 bits per heavy atom. The lowest BCUT2D eigenvalue weighted by molar-refractivity contribution is -0.140. The Labute approximate surface area is 251 Å². The minimum absolute atomic E-state index is 0.00122. The number of amides is 2. The smallest absolute Gasteiger partial charge is 0.354 e. The standard InChI is InChI=1S/C32H38F3N3O4S/c1-5-7-18-36-31(40)29(6-2)37(21-25-11-8-10-24(4)19-25)30(39)22-38(27-13-9-12-26(20-27)32(33,34)35)43(41,42)28-16-14-23(3)15-17-28/h8-17,19-20,29H,5-7,18,21-22H2,1-4H3,(H,36,40)/t29-/m0/s1. The molecule has 0 saturated carbocycles. The van der Waals surface area contributed by atoms with Gasteiger partial charge in [-0.2, -0.15) is 13.2 Å². The van der Waals surface area contributed by atoms with Gasteiger partial charge in [0.1, 0.15) is 12.6 Å². The van der Waals surface area contributed by atoms with Gasteiger partial charge in [0, 0.05) is 13.1 Å². The van der Waals surface area contributed by atoms with Crippen LogP contribution < -0.4 is 9.62 Å². The molecule has 43 heavy (non-hydrogen) atoms. The van der Waals surface area contributed by atoms with Gasteiger partial charge in [-0.15, -0.1) is 0 Å². The van der Waals surface area contributed by atoms with Gasteiger partial charge in [0.2, 0.25) is 11.8 Å². The van der Waals surface area contributed by atoms with Gasteiger partial charge in [-0.25, -0.2) is 8.42 Å². The minimum atomic E-state index is -4.74. The first-order valence-electron chi connectivity index (χ1n) is 14.2. The number of hydrogen-bond donors (Lipinski definition) is 1. The van der Waals surface area contributed by atoms with Crippen molar-refractivity contribution in [1.29, 1.82) is 0 Å². The Balaban J connectivity index is 2.10. The summed E-state index contributed by atoms with van der Waals surface area (Å²) in [5.74, 6) is -1.11. The summed E-state index contributed by atoms with van der Waals surface area (Å²) in [5.41, 5.74) is 1.06. The van der Waals surface area contributed by atoms with Crippen LogP contribution >= 0.6 is 0 Å². The van der Waals surface area contributed by atoms with Gasteiger partial charge in [0.15, 0.2) is 0 Å². The van der Waals surface area contributed by atoms with Crippen LogP contribution in [0, 0.1) is 13.8 Å². The lowest BCUT2D eigenvalue weighted by Crippen LogP contribution is -2.52. The molecule has 0 aliphatic carbocycles. The van der Waals surface area contributed by atoms with E-state index in [1.54, 1.807) is 32.0 Å². The lowest BCUT2D eigenvalue weighted by atomic mass is 10.1. The fourth-order valence-corrected chi connectivity index (χ4v) is 6.04. The molecule has 0 fully saturated rings. The Bertz CT molecular complexity index is 1510. The number of aryl methyl sites for hydroxylation is 2. The summed E-state index contributed by atoms with van der Waals surface area (Å²) < 4.78 is 69.4. The predicted molar refractivity (Wildman–Crippen MR) is 161 cm³/mol. The van der Waals surface area contributed by atoms with E-state index in [4.69, 9.17) is 0 Å². The van der Waals surface area contributed by atoms with E-state index in [9.17, 15) is 31.2 Å². The molecular weight excluding hydrogens is 579 g/mol. The molecule has 0 heterocycles. The quantitative estimate of drug-likeness (QED) is 0.230. The second-order valence-electron chi connectivity index (χ2n) is 10.5. The van der Waals surface area contributed by atoms with E-state index in [1.165, 1.54) is 23.1 Å². The van der Waals surface area contributed by atoms with Gasteiger partial charge >= 0.3 is 6.18 Å². The summed E-state index contributed by atoms with van der Waals surface area (Å²) in [4.78, 5) is 28.5. The predicted octanol–water partition coefficient (Wildman–Crippen LogP) is 6.24. The number of unbranched alkanes of at least 4 members (excludes halogenated alkanes) is 1. The second kappa shape index (κ2) is 14.5. The van der Waals surface area contributed by atoms with Crippen LogP contribution in [0.15, 0.2) is 77.7 Å². The van der Waals surface area contributed by atoms with E-state index in [1.807, 2.05) is 32.0 Å². The molecule has 0 bridgehead atoms. The van der Waals surface area contributed by atoms with Crippen molar-refractivity contribution in [2.75, 3.05) is 17.4 Å². The van der Waals surface area contributed by atoms with Crippen LogP contribution in [0.4, 0.5) is 18.9 Å². The zero-order chi connectivity index (χ0) is 31.8. The van der Waals surface area contributed by atoms with E-state index in [0.717, 1.165) is 41.7 Å². The molecule has 7 nitrogen and oxygen atoms in total. The lowest BCUT2D eigenvalue weighted by Gasteiger charge is -2.33. The first-order valence-corrected chi connectivity index (χ1v) is 15.6.